The maximum absolute atomic E-state index is 12.9. The molecule has 0 atom stereocenters. The molecule has 1 amide bonds. The van der Waals surface area contributed by atoms with Gasteiger partial charge >= 0.3 is 0 Å². The monoisotopic (exact) mass is 393 g/mol. The van der Waals surface area contributed by atoms with E-state index in [1.165, 1.54) is 17.7 Å². The Bertz CT molecular complexity index is 921. The van der Waals surface area contributed by atoms with Gasteiger partial charge in [0.25, 0.3) is 5.91 Å². The lowest BCUT2D eigenvalue weighted by Gasteiger charge is -2.17. The van der Waals surface area contributed by atoms with Crippen LogP contribution in [0.15, 0.2) is 54.2 Å². The summed E-state index contributed by atoms with van der Waals surface area (Å²) in [4.78, 5) is 16.8. The number of likely N-dealkylation sites (tertiary alicyclic amines) is 1. The highest BCUT2D eigenvalue weighted by atomic mass is 32.1. The van der Waals surface area contributed by atoms with Gasteiger partial charge in [0, 0.05) is 12.1 Å². The average molecular weight is 394 g/mol. The molecule has 2 aromatic carbocycles. The third kappa shape index (κ3) is 3.79. The van der Waals surface area contributed by atoms with Crippen LogP contribution in [-0.4, -0.2) is 36.1 Å². The van der Waals surface area contributed by atoms with E-state index in [1.807, 2.05) is 48.5 Å². The van der Waals surface area contributed by atoms with E-state index in [0.29, 0.717) is 10.8 Å². The number of para-hydroxylation sites is 1. The smallest absolute Gasteiger partial charge is 0.281 e. The third-order valence-electron chi connectivity index (χ3n) is 5.10. The van der Waals surface area contributed by atoms with E-state index in [0.717, 1.165) is 42.2 Å². The predicted molar refractivity (Wildman–Crippen MR) is 115 cm³/mol. The minimum atomic E-state index is -0.145. The van der Waals surface area contributed by atoms with Gasteiger partial charge in [-0.25, -0.2) is 0 Å². The van der Waals surface area contributed by atoms with Crippen LogP contribution in [0.25, 0.3) is 6.08 Å². The van der Waals surface area contributed by atoms with Crippen molar-refractivity contribution < 1.29 is 9.53 Å². The summed E-state index contributed by atoms with van der Waals surface area (Å²) in [6, 6.07) is 15.5. The molecule has 0 unspecified atom stereocenters. The van der Waals surface area contributed by atoms with Crippen LogP contribution in [-0.2, 0) is 11.3 Å². The molecule has 2 aromatic rings. The number of carbonyl (C=O) groups excluding carboxylic acids is 1. The lowest BCUT2D eigenvalue weighted by atomic mass is 10.1. The number of nitrogens with zero attached hydrogens (tertiary/aromatic N) is 2. The minimum absolute atomic E-state index is 0.145. The van der Waals surface area contributed by atoms with E-state index in [1.54, 1.807) is 7.11 Å². The van der Waals surface area contributed by atoms with Crippen LogP contribution in [0.2, 0.25) is 0 Å². The number of hydrogen-bond donors (Lipinski definition) is 1. The number of hydrogen-bond acceptors (Lipinski definition) is 4. The molecule has 2 fully saturated rings. The quantitative estimate of drug-likeness (QED) is 0.622. The van der Waals surface area contributed by atoms with Gasteiger partial charge < -0.3 is 10.1 Å². The molecule has 2 heterocycles. The highest BCUT2D eigenvalue weighted by Crippen LogP contribution is 2.26. The Morgan fingerprint density at radius 3 is 2.61 bits per heavy atom. The molecule has 0 saturated carbocycles. The fourth-order valence-corrected chi connectivity index (χ4v) is 4.01. The van der Waals surface area contributed by atoms with E-state index < -0.39 is 0 Å². The summed E-state index contributed by atoms with van der Waals surface area (Å²) in [5.41, 5.74) is 3.32. The molecule has 2 aliphatic heterocycles. The first kappa shape index (κ1) is 18.7. The summed E-state index contributed by atoms with van der Waals surface area (Å²) in [7, 11) is 1.69. The van der Waals surface area contributed by atoms with E-state index in [4.69, 9.17) is 17.0 Å². The second-order valence-corrected chi connectivity index (χ2v) is 7.41. The number of anilines is 1. The molecule has 4 rings (SSSR count). The second kappa shape index (κ2) is 8.12. The zero-order valence-electron chi connectivity index (χ0n) is 15.9. The van der Waals surface area contributed by atoms with Crippen molar-refractivity contribution in [1.82, 2.24) is 10.2 Å². The van der Waals surface area contributed by atoms with Crippen molar-refractivity contribution in [2.24, 2.45) is 0 Å². The van der Waals surface area contributed by atoms with Crippen LogP contribution in [0.5, 0.6) is 5.75 Å². The van der Waals surface area contributed by atoms with Crippen LogP contribution in [0, 0.1) is 0 Å². The number of nitrogens with one attached hydrogen (secondary N) is 1. The maximum Gasteiger partial charge on any atom is 0.281 e. The summed E-state index contributed by atoms with van der Waals surface area (Å²) < 4.78 is 5.53. The van der Waals surface area contributed by atoms with Crippen LogP contribution in [0.4, 0.5) is 5.69 Å². The van der Waals surface area contributed by atoms with Crippen LogP contribution >= 0.6 is 12.2 Å². The lowest BCUT2D eigenvalue weighted by Crippen LogP contribution is -2.30. The molecular weight excluding hydrogens is 370 g/mol. The number of thiocarbonyl (C=S) groups is 1. The number of amides is 1. The molecule has 5 nitrogen and oxygen atoms in total. The van der Waals surface area contributed by atoms with Crippen LogP contribution < -0.4 is 15.0 Å². The molecule has 0 aromatic heterocycles. The van der Waals surface area contributed by atoms with Crippen molar-refractivity contribution in [3.63, 3.8) is 0 Å². The summed E-state index contributed by atoms with van der Waals surface area (Å²) in [6.07, 6.45) is 4.35. The molecule has 0 radical (unpaired) electrons. The summed E-state index contributed by atoms with van der Waals surface area (Å²) >= 11 is 5.38. The topological polar surface area (TPSA) is 44.8 Å². The van der Waals surface area contributed by atoms with Crippen molar-refractivity contribution in [2.75, 3.05) is 25.1 Å². The Labute approximate surface area is 170 Å². The first-order chi connectivity index (χ1) is 13.7. The number of methoxy groups -OCH3 is 1. The van der Waals surface area contributed by atoms with E-state index in [-0.39, 0.29) is 5.91 Å². The molecule has 2 saturated heterocycles. The number of carbonyl (C=O) groups is 1. The summed E-state index contributed by atoms with van der Waals surface area (Å²) in [5, 5.41) is 3.45. The molecule has 0 aliphatic carbocycles. The highest BCUT2D eigenvalue weighted by molar-refractivity contribution is 7.80. The standard InChI is InChI=1S/C22H23N3O2S/c1-27-20-10-9-16(13-17(20)15-24-11-5-6-12-24)14-19-21(26)25(22(28)23-19)18-7-3-2-4-8-18/h2-4,7-10,13-14H,5-6,11-12,15H2,1H3,(H,23,28)/b19-14+. The zero-order valence-corrected chi connectivity index (χ0v) is 16.7. The predicted octanol–water partition coefficient (Wildman–Crippen LogP) is 3.55. The van der Waals surface area contributed by atoms with Crippen molar-refractivity contribution in [2.45, 2.75) is 19.4 Å². The Hall–Kier alpha value is -2.70. The average Bonchev–Trinajstić information content (AvgIpc) is 3.31. The Kier molecular flexibility index (Phi) is 5.41. The molecule has 2 aliphatic rings. The summed E-state index contributed by atoms with van der Waals surface area (Å²) in [5.74, 6) is 0.731. The molecule has 28 heavy (non-hydrogen) atoms. The van der Waals surface area contributed by atoms with Gasteiger partial charge in [-0.1, -0.05) is 24.3 Å². The number of rotatable bonds is 5. The van der Waals surface area contributed by atoms with Crippen LogP contribution in [0.3, 0.4) is 0 Å². The molecule has 0 spiro atoms. The zero-order chi connectivity index (χ0) is 19.5. The largest absolute Gasteiger partial charge is 0.496 e. The first-order valence-electron chi connectivity index (χ1n) is 9.47. The van der Waals surface area contributed by atoms with Crippen molar-refractivity contribution >= 4 is 35.0 Å². The van der Waals surface area contributed by atoms with Gasteiger partial charge in [0.15, 0.2) is 5.11 Å². The fraction of sp³-hybridized carbons (Fsp3) is 0.273. The minimum Gasteiger partial charge on any atom is -0.496 e. The van der Waals surface area contributed by atoms with Gasteiger partial charge in [0.1, 0.15) is 11.4 Å². The highest BCUT2D eigenvalue weighted by Gasteiger charge is 2.31. The van der Waals surface area contributed by atoms with Gasteiger partial charge in [0.2, 0.25) is 0 Å². The molecule has 6 heteroatoms. The normalized spacial score (nSPS) is 18.8. The van der Waals surface area contributed by atoms with E-state index >= 15 is 0 Å². The van der Waals surface area contributed by atoms with Gasteiger partial charge in [-0.15, -0.1) is 0 Å². The molecule has 144 valence electrons. The molecular formula is C22H23N3O2S. The summed E-state index contributed by atoms with van der Waals surface area (Å²) in [6.45, 7) is 3.10. The van der Waals surface area contributed by atoms with Gasteiger partial charge in [-0.05, 0) is 74.1 Å². The lowest BCUT2D eigenvalue weighted by molar-refractivity contribution is -0.113. The van der Waals surface area contributed by atoms with E-state index in [9.17, 15) is 4.79 Å². The molecule has 0 bridgehead atoms. The van der Waals surface area contributed by atoms with Gasteiger partial charge in [-0.2, -0.15) is 0 Å². The van der Waals surface area contributed by atoms with Crippen molar-refractivity contribution in [1.29, 1.82) is 0 Å². The Morgan fingerprint density at radius 2 is 1.89 bits per heavy atom. The van der Waals surface area contributed by atoms with Crippen molar-refractivity contribution in [3.05, 3.63) is 65.4 Å². The Morgan fingerprint density at radius 1 is 1.14 bits per heavy atom. The fourth-order valence-electron chi connectivity index (χ4n) is 3.71. The van der Waals surface area contributed by atoms with Crippen LogP contribution in [0.1, 0.15) is 24.0 Å². The van der Waals surface area contributed by atoms with Gasteiger partial charge in [0.05, 0.1) is 12.8 Å². The number of ether oxygens (including phenoxy) is 1. The van der Waals surface area contributed by atoms with Crippen molar-refractivity contribution in [3.8, 4) is 5.75 Å². The first-order valence-corrected chi connectivity index (χ1v) is 9.88. The third-order valence-corrected chi connectivity index (χ3v) is 5.39. The molecule has 1 N–H and O–H groups in total. The Balaban J connectivity index is 1.60. The SMILES string of the molecule is COc1ccc(/C=C2/NC(=S)N(c3ccccc3)C2=O)cc1CN1CCCC1. The number of benzene rings is 2. The van der Waals surface area contributed by atoms with Gasteiger partial charge in [-0.3, -0.25) is 14.6 Å². The van der Waals surface area contributed by atoms with E-state index in [2.05, 4.69) is 16.3 Å². The second-order valence-electron chi connectivity index (χ2n) is 7.02. The maximum atomic E-state index is 12.9.